The Hall–Kier alpha value is -1.02. The van der Waals surface area contributed by atoms with Crippen molar-refractivity contribution >= 4 is 0 Å². The molecule has 2 nitrogen and oxygen atoms in total. The van der Waals surface area contributed by atoms with Crippen LogP contribution in [0.1, 0.15) is 12.0 Å². The third kappa shape index (κ3) is 3.47. The van der Waals surface area contributed by atoms with E-state index in [1.807, 2.05) is 19.2 Å². The lowest BCUT2D eigenvalue weighted by Gasteiger charge is -2.03. The Morgan fingerprint density at radius 1 is 1.38 bits per heavy atom. The van der Waals surface area contributed by atoms with Gasteiger partial charge in [-0.3, -0.25) is 0 Å². The van der Waals surface area contributed by atoms with E-state index in [0.717, 1.165) is 18.7 Å². The van der Waals surface area contributed by atoms with Crippen LogP contribution in [0, 0.1) is 0 Å². The smallest absolute Gasteiger partial charge is 0.119 e. The molecule has 0 unspecified atom stereocenters. The van der Waals surface area contributed by atoms with E-state index in [-0.39, 0.29) is 0 Å². The van der Waals surface area contributed by atoms with Gasteiger partial charge in [-0.15, -0.1) is 0 Å². The molecule has 0 heterocycles. The first-order chi connectivity index (χ1) is 6.36. The van der Waals surface area contributed by atoms with Gasteiger partial charge < -0.3 is 10.1 Å². The first-order valence-electron chi connectivity index (χ1n) is 4.64. The molecule has 0 aliphatic rings. The highest BCUT2D eigenvalue weighted by Crippen LogP contribution is 2.13. The molecule has 13 heavy (non-hydrogen) atoms. The molecule has 1 N–H and O–H groups in total. The van der Waals surface area contributed by atoms with Crippen molar-refractivity contribution in [1.82, 2.24) is 5.32 Å². The fourth-order valence-electron chi connectivity index (χ4n) is 1.30. The zero-order valence-corrected chi connectivity index (χ0v) is 8.34. The molecule has 0 aliphatic heterocycles. The molecule has 1 rings (SSSR count). The number of hydrogen-bond acceptors (Lipinski definition) is 2. The van der Waals surface area contributed by atoms with Gasteiger partial charge in [-0.1, -0.05) is 12.1 Å². The first-order valence-corrected chi connectivity index (χ1v) is 4.64. The van der Waals surface area contributed by atoms with E-state index in [9.17, 15) is 0 Å². The van der Waals surface area contributed by atoms with Gasteiger partial charge in [0.2, 0.25) is 0 Å². The van der Waals surface area contributed by atoms with Crippen molar-refractivity contribution in [3.8, 4) is 5.75 Å². The molecule has 0 saturated heterocycles. The average molecular weight is 179 g/mol. The summed E-state index contributed by atoms with van der Waals surface area (Å²) in [5.41, 5.74) is 1.34. The quantitative estimate of drug-likeness (QED) is 0.696. The third-order valence-electron chi connectivity index (χ3n) is 2.03. The molecule has 0 atom stereocenters. The Morgan fingerprint density at radius 2 is 2.23 bits per heavy atom. The fraction of sp³-hybridized carbons (Fsp3) is 0.455. The van der Waals surface area contributed by atoms with Crippen molar-refractivity contribution in [2.75, 3.05) is 20.7 Å². The number of ether oxygens (including phenoxy) is 1. The molecule has 0 spiro atoms. The van der Waals surface area contributed by atoms with Crippen molar-refractivity contribution in [2.24, 2.45) is 0 Å². The number of hydrogen-bond donors (Lipinski definition) is 1. The lowest BCUT2D eigenvalue weighted by Crippen LogP contribution is -2.08. The van der Waals surface area contributed by atoms with Gasteiger partial charge in [-0.05, 0) is 44.1 Å². The molecule has 0 fully saturated rings. The second-order valence-electron chi connectivity index (χ2n) is 3.06. The highest BCUT2D eigenvalue weighted by Gasteiger charge is 1.94. The second kappa shape index (κ2) is 5.60. The Labute approximate surface area is 79.9 Å². The van der Waals surface area contributed by atoms with E-state index in [1.54, 1.807) is 7.11 Å². The molecule has 1 aromatic carbocycles. The van der Waals surface area contributed by atoms with Gasteiger partial charge >= 0.3 is 0 Å². The number of aryl methyl sites for hydroxylation is 1. The van der Waals surface area contributed by atoms with Gasteiger partial charge in [-0.25, -0.2) is 0 Å². The summed E-state index contributed by atoms with van der Waals surface area (Å²) in [4.78, 5) is 0. The molecule has 0 amide bonds. The lowest BCUT2D eigenvalue weighted by atomic mass is 10.1. The van der Waals surface area contributed by atoms with Crippen LogP contribution in [0.4, 0.5) is 0 Å². The van der Waals surface area contributed by atoms with Gasteiger partial charge in [0.1, 0.15) is 5.75 Å². The summed E-state index contributed by atoms with van der Waals surface area (Å²) in [5, 5.41) is 3.14. The third-order valence-corrected chi connectivity index (χ3v) is 2.03. The van der Waals surface area contributed by atoms with E-state index in [0.29, 0.717) is 0 Å². The maximum atomic E-state index is 5.15. The molecular formula is C11H17NO. The average Bonchev–Trinajstić information content (AvgIpc) is 2.19. The summed E-state index contributed by atoms with van der Waals surface area (Å²) in [6, 6.07) is 8.24. The van der Waals surface area contributed by atoms with Crippen molar-refractivity contribution in [2.45, 2.75) is 12.8 Å². The van der Waals surface area contributed by atoms with Crippen LogP contribution in [0.15, 0.2) is 24.3 Å². The predicted octanol–water partition coefficient (Wildman–Crippen LogP) is 1.85. The summed E-state index contributed by atoms with van der Waals surface area (Å²) in [7, 11) is 3.68. The topological polar surface area (TPSA) is 21.3 Å². The summed E-state index contributed by atoms with van der Waals surface area (Å²) in [5.74, 6) is 0.946. The van der Waals surface area contributed by atoms with Crippen LogP contribution >= 0.6 is 0 Å². The van der Waals surface area contributed by atoms with Gasteiger partial charge in [-0.2, -0.15) is 0 Å². The van der Waals surface area contributed by atoms with Crippen LogP contribution in [0.5, 0.6) is 5.75 Å². The number of nitrogens with one attached hydrogen (secondary N) is 1. The van der Waals surface area contributed by atoms with Gasteiger partial charge in [0.05, 0.1) is 7.11 Å². The molecule has 2 heteroatoms. The molecule has 0 bridgehead atoms. The van der Waals surface area contributed by atoms with Crippen molar-refractivity contribution in [3.05, 3.63) is 29.8 Å². The Morgan fingerprint density at radius 3 is 2.92 bits per heavy atom. The molecular weight excluding hydrogens is 162 g/mol. The van der Waals surface area contributed by atoms with Crippen LogP contribution in [0.2, 0.25) is 0 Å². The SMILES string of the molecule is CNCCCc1cccc(OC)c1. The fourth-order valence-corrected chi connectivity index (χ4v) is 1.30. The van der Waals surface area contributed by atoms with Gasteiger partial charge in [0.25, 0.3) is 0 Å². The van der Waals surface area contributed by atoms with E-state index in [1.165, 1.54) is 12.0 Å². The molecule has 0 aliphatic carbocycles. The van der Waals surface area contributed by atoms with Crippen LogP contribution in [-0.4, -0.2) is 20.7 Å². The standard InChI is InChI=1S/C11H17NO/c1-12-8-4-6-10-5-3-7-11(9-10)13-2/h3,5,7,9,12H,4,6,8H2,1-2H3. The van der Waals surface area contributed by atoms with Crippen molar-refractivity contribution in [1.29, 1.82) is 0 Å². The molecule has 0 saturated carbocycles. The minimum absolute atomic E-state index is 0.946. The highest BCUT2D eigenvalue weighted by molar-refractivity contribution is 5.28. The maximum Gasteiger partial charge on any atom is 0.119 e. The number of methoxy groups -OCH3 is 1. The summed E-state index contributed by atoms with van der Waals surface area (Å²) < 4.78 is 5.15. The molecule has 0 aromatic heterocycles. The summed E-state index contributed by atoms with van der Waals surface area (Å²) in [6.45, 7) is 1.07. The molecule has 0 radical (unpaired) electrons. The minimum Gasteiger partial charge on any atom is -0.497 e. The van der Waals surface area contributed by atoms with E-state index >= 15 is 0 Å². The van der Waals surface area contributed by atoms with E-state index < -0.39 is 0 Å². The zero-order valence-electron chi connectivity index (χ0n) is 8.34. The molecule has 72 valence electrons. The Balaban J connectivity index is 2.46. The highest BCUT2D eigenvalue weighted by atomic mass is 16.5. The van der Waals surface area contributed by atoms with Gasteiger partial charge in [0, 0.05) is 0 Å². The maximum absolute atomic E-state index is 5.15. The van der Waals surface area contributed by atoms with Crippen LogP contribution < -0.4 is 10.1 Å². The van der Waals surface area contributed by atoms with Crippen LogP contribution in [0.3, 0.4) is 0 Å². The summed E-state index contributed by atoms with van der Waals surface area (Å²) >= 11 is 0. The zero-order chi connectivity index (χ0) is 9.52. The van der Waals surface area contributed by atoms with Crippen LogP contribution in [0.25, 0.3) is 0 Å². The molecule has 1 aromatic rings. The van der Waals surface area contributed by atoms with Crippen molar-refractivity contribution in [3.63, 3.8) is 0 Å². The number of benzene rings is 1. The Bertz CT molecular complexity index is 248. The van der Waals surface area contributed by atoms with E-state index in [4.69, 9.17) is 4.74 Å². The summed E-state index contributed by atoms with van der Waals surface area (Å²) in [6.07, 6.45) is 2.28. The second-order valence-corrected chi connectivity index (χ2v) is 3.06. The largest absolute Gasteiger partial charge is 0.497 e. The lowest BCUT2D eigenvalue weighted by molar-refractivity contribution is 0.414. The van der Waals surface area contributed by atoms with Crippen molar-refractivity contribution < 1.29 is 4.74 Å². The van der Waals surface area contributed by atoms with Crippen LogP contribution in [-0.2, 0) is 6.42 Å². The minimum atomic E-state index is 0.946. The van der Waals surface area contributed by atoms with Gasteiger partial charge in [0.15, 0.2) is 0 Å². The first kappa shape index (κ1) is 10.1. The monoisotopic (exact) mass is 179 g/mol. The number of rotatable bonds is 5. The van der Waals surface area contributed by atoms with E-state index in [2.05, 4.69) is 17.4 Å². The Kier molecular flexibility index (Phi) is 4.33. The predicted molar refractivity (Wildman–Crippen MR) is 55.2 cm³/mol. The normalized spacial score (nSPS) is 10.0.